The number of aryl methyl sites for hydroxylation is 1. The Bertz CT molecular complexity index is 1480. The highest BCUT2D eigenvalue weighted by Crippen LogP contribution is 2.42. The van der Waals surface area contributed by atoms with E-state index in [9.17, 15) is 19.8 Å². The summed E-state index contributed by atoms with van der Waals surface area (Å²) in [6.07, 6.45) is 0. The molecule has 37 heavy (non-hydrogen) atoms. The molecule has 2 N–H and O–H groups in total. The van der Waals surface area contributed by atoms with Gasteiger partial charge in [-0.25, -0.2) is 0 Å². The average molecular weight is 492 g/mol. The van der Waals surface area contributed by atoms with Crippen molar-refractivity contribution in [2.45, 2.75) is 19.6 Å². The zero-order valence-electron chi connectivity index (χ0n) is 20.2. The van der Waals surface area contributed by atoms with Crippen LogP contribution in [0.3, 0.4) is 0 Å². The van der Waals surface area contributed by atoms with E-state index in [0.717, 1.165) is 11.1 Å². The highest BCUT2D eigenvalue weighted by molar-refractivity contribution is 6.51. The number of hydrogen-bond acceptors (Lipinski definition) is 5. The Kier molecular flexibility index (Phi) is 6.47. The van der Waals surface area contributed by atoms with E-state index in [2.05, 4.69) is 0 Å². The standard InChI is InChI=1S/C31H25NO5/c1-20-18-23(14-17-26(20)37-19-21-8-4-2-5-9-21)29(34)27-28(22-12-15-25(33)16-13-22)32(31(36)30(27)35)24-10-6-3-7-11-24/h2-18,28,33-34H,19H2,1H3/b29-27-. The topological polar surface area (TPSA) is 87.1 Å². The summed E-state index contributed by atoms with van der Waals surface area (Å²) in [5, 5.41) is 21.2. The molecule has 0 aliphatic carbocycles. The summed E-state index contributed by atoms with van der Waals surface area (Å²) >= 11 is 0. The number of Topliss-reactive ketones (excluding diaryl/α,β-unsaturated/α-hetero) is 1. The van der Waals surface area contributed by atoms with Gasteiger partial charge in [0.1, 0.15) is 23.9 Å². The van der Waals surface area contributed by atoms with Gasteiger partial charge < -0.3 is 14.9 Å². The summed E-state index contributed by atoms with van der Waals surface area (Å²) in [6.45, 7) is 2.26. The highest BCUT2D eigenvalue weighted by atomic mass is 16.5. The van der Waals surface area contributed by atoms with Gasteiger partial charge in [0.05, 0.1) is 11.6 Å². The predicted molar refractivity (Wildman–Crippen MR) is 141 cm³/mol. The van der Waals surface area contributed by atoms with Crippen molar-refractivity contribution in [1.29, 1.82) is 0 Å². The number of amides is 1. The van der Waals surface area contributed by atoms with Crippen molar-refractivity contribution >= 4 is 23.1 Å². The Morgan fingerprint density at radius 2 is 1.51 bits per heavy atom. The van der Waals surface area contributed by atoms with Gasteiger partial charge in [-0.1, -0.05) is 60.7 Å². The van der Waals surface area contributed by atoms with Crippen molar-refractivity contribution < 1.29 is 24.5 Å². The smallest absolute Gasteiger partial charge is 0.300 e. The second-order valence-electron chi connectivity index (χ2n) is 8.85. The summed E-state index contributed by atoms with van der Waals surface area (Å²) in [5.41, 5.74) is 3.31. The highest BCUT2D eigenvalue weighted by Gasteiger charge is 2.46. The molecule has 1 aliphatic rings. The van der Waals surface area contributed by atoms with Gasteiger partial charge in [0, 0.05) is 11.3 Å². The van der Waals surface area contributed by atoms with Crippen molar-refractivity contribution in [2.75, 3.05) is 4.90 Å². The minimum atomic E-state index is -0.864. The number of rotatable bonds is 6. The quantitative estimate of drug-likeness (QED) is 0.199. The van der Waals surface area contributed by atoms with E-state index in [0.29, 0.717) is 29.2 Å². The lowest BCUT2D eigenvalue weighted by molar-refractivity contribution is -0.132. The van der Waals surface area contributed by atoms with Crippen LogP contribution in [0.25, 0.3) is 5.76 Å². The summed E-state index contributed by atoms with van der Waals surface area (Å²) in [6, 6.07) is 29.2. The molecule has 6 nitrogen and oxygen atoms in total. The van der Waals surface area contributed by atoms with Crippen molar-refractivity contribution in [3.05, 3.63) is 131 Å². The van der Waals surface area contributed by atoms with Crippen molar-refractivity contribution in [1.82, 2.24) is 0 Å². The lowest BCUT2D eigenvalue weighted by atomic mass is 9.94. The van der Waals surface area contributed by atoms with Crippen LogP contribution in [0.5, 0.6) is 11.5 Å². The van der Waals surface area contributed by atoms with Crippen LogP contribution < -0.4 is 9.64 Å². The molecule has 5 rings (SSSR count). The third-order valence-electron chi connectivity index (χ3n) is 6.37. The van der Waals surface area contributed by atoms with Crippen LogP contribution in [0.1, 0.15) is 28.3 Å². The van der Waals surface area contributed by atoms with Gasteiger partial charge in [-0.2, -0.15) is 0 Å². The van der Waals surface area contributed by atoms with E-state index < -0.39 is 17.7 Å². The van der Waals surface area contributed by atoms with Gasteiger partial charge >= 0.3 is 0 Å². The van der Waals surface area contributed by atoms with E-state index in [4.69, 9.17) is 4.74 Å². The van der Waals surface area contributed by atoms with Gasteiger partial charge in [-0.05, 0) is 66.1 Å². The van der Waals surface area contributed by atoms with Gasteiger partial charge in [0.15, 0.2) is 0 Å². The number of nitrogens with zero attached hydrogens (tertiary/aromatic N) is 1. The predicted octanol–water partition coefficient (Wildman–Crippen LogP) is 5.91. The number of aliphatic hydroxyl groups excluding tert-OH is 1. The molecule has 0 saturated carbocycles. The summed E-state index contributed by atoms with van der Waals surface area (Å²) in [7, 11) is 0. The molecular formula is C31H25NO5. The van der Waals surface area contributed by atoms with Crippen molar-refractivity contribution in [3.63, 3.8) is 0 Å². The molecule has 4 aromatic rings. The van der Waals surface area contributed by atoms with Gasteiger partial charge in [0.25, 0.3) is 11.7 Å². The van der Waals surface area contributed by atoms with Crippen LogP contribution in [0.15, 0.2) is 109 Å². The summed E-state index contributed by atoms with van der Waals surface area (Å²) in [4.78, 5) is 27.9. The van der Waals surface area contributed by atoms with Crippen LogP contribution in [-0.4, -0.2) is 21.9 Å². The van der Waals surface area contributed by atoms with Gasteiger partial charge in [-0.15, -0.1) is 0 Å². The molecule has 0 bridgehead atoms. The largest absolute Gasteiger partial charge is 0.508 e. The molecule has 1 heterocycles. The second-order valence-corrected chi connectivity index (χ2v) is 8.85. The van der Waals surface area contributed by atoms with E-state index in [1.807, 2.05) is 43.3 Å². The molecule has 1 saturated heterocycles. The first-order valence-electron chi connectivity index (χ1n) is 11.9. The number of para-hydroxylation sites is 1. The lowest BCUT2D eigenvalue weighted by Gasteiger charge is -2.25. The maximum atomic E-state index is 13.3. The fourth-order valence-electron chi connectivity index (χ4n) is 4.51. The first-order valence-corrected chi connectivity index (χ1v) is 11.9. The summed E-state index contributed by atoms with van der Waals surface area (Å²) < 4.78 is 5.95. The fraction of sp³-hybridized carbons (Fsp3) is 0.0968. The SMILES string of the molecule is Cc1cc(/C(O)=C2/C(=O)C(=O)N(c3ccccc3)C2c2ccc(O)cc2)ccc1OCc1ccccc1. The molecule has 0 radical (unpaired) electrons. The van der Waals surface area contributed by atoms with E-state index in [-0.39, 0.29) is 17.1 Å². The number of benzene rings is 4. The normalized spacial score (nSPS) is 16.7. The number of ketones is 1. The Morgan fingerprint density at radius 1 is 0.865 bits per heavy atom. The Morgan fingerprint density at radius 3 is 2.16 bits per heavy atom. The van der Waals surface area contributed by atoms with Crippen LogP contribution >= 0.6 is 0 Å². The number of anilines is 1. The minimum Gasteiger partial charge on any atom is -0.508 e. The molecule has 1 unspecified atom stereocenters. The van der Waals surface area contributed by atoms with E-state index in [1.165, 1.54) is 17.0 Å². The van der Waals surface area contributed by atoms with Gasteiger partial charge in [-0.3, -0.25) is 14.5 Å². The van der Waals surface area contributed by atoms with Crippen LogP contribution in [0, 0.1) is 6.92 Å². The Balaban J connectivity index is 1.55. The second kappa shape index (κ2) is 10.0. The number of phenols is 1. The zero-order valence-corrected chi connectivity index (χ0v) is 20.2. The molecule has 184 valence electrons. The number of phenolic OH excluding ortho intramolecular Hbond substituents is 1. The number of hydrogen-bond donors (Lipinski definition) is 2. The fourth-order valence-corrected chi connectivity index (χ4v) is 4.51. The minimum absolute atomic E-state index is 0.0168. The van der Waals surface area contributed by atoms with E-state index >= 15 is 0 Å². The van der Waals surface area contributed by atoms with Gasteiger partial charge in [0.2, 0.25) is 0 Å². The maximum Gasteiger partial charge on any atom is 0.300 e. The molecule has 6 heteroatoms. The molecular weight excluding hydrogens is 466 g/mol. The molecule has 1 fully saturated rings. The zero-order chi connectivity index (χ0) is 25.9. The third kappa shape index (κ3) is 4.69. The molecule has 0 spiro atoms. The van der Waals surface area contributed by atoms with Crippen molar-refractivity contribution in [2.24, 2.45) is 0 Å². The first-order chi connectivity index (χ1) is 17.9. The molecule has 0 aromatic heterocycles. The van der Waals surface area contributed by atoms with Crippen LogP contribution in [0.4, 0.5) is 5.69 Å². The summed E-state index contributed by atoms with van der Waals surface area (Å²) in [5.74, 6) is -1.07. The maximum absolute atomic E-state index is 13.3. The monoisotopic (exact) mass is 491 g/mol. The lowest BCUT2D eigenvalue weighted by Crippen LogP contribution is -2.29. The number of carbonyl (C=O) groups is 2. The van der Waals surface area contributed by atoms with Crippen LogP contribution in [-0.2, 0) is 16.2 Å². The Hall–Kier alpha value is -4.84. The molecule has 4 aromatic carbocycles. The van der Waals surface area contributed by atoms with E-state index in [1.54, 1.807) is 54.6 Å². The molecule has 1 amide bonds. The van der Waals surface area contributed by atoms with Crippen molar-refractivity contribution in [3.8, 4) is 11.5 Å². The molecule has 1 aliphatic heterocycles. The molecule has 1 atom stereocenters. The van der Waals surface area contributed by atoms with Crippen LogP contribution in [0.2, 0.25) is 0 Å². The number of aliphatic hydroxyl groups is 1. The first kappa shape index (κ1) is 23.9. The third-order valence-corrected chi connectivity index (χ3v) is 6.37. The Labute approximate surface area is 214 Å². The average Bonchev–Trinajstić information content (AvgIpc) is 3.19. The number of ether oxygens (including phenoxy) is 1. The number of aromatic hydroxyl groups is 1. The number of carbonyl (C=O) groups excluding carboxylic acids is 2.